The van der Waals surface area contributed by atoms with E-state index in [1.165, 1.54) is 0 Å². The van der Waals surface area contributed by atoms with Crippen molar-refractivity contribution >= 4 is 5.91 Å². The lowest BCUT2D eigenvalue weighted by molar-refractivity contribution is -0.122. The molecule has 0 bridgehead atoms. The lowest BCUT2D eigenvalue weighted by Gasteiger charge is -2.34. The number of carbonyl (C=O) groups is 1. The molecule has 2 N–H and O–H groups in total. The molecule has 0 radical (unpaired) electrons. The van der Waals surface area contributed by atoms with Gasteiger partial charge in [0.05, 0.1) is 12.6 Å². The fourth-order valence-corrected chi connectivity index (χ4v) is 3.31. The van der Waals surface area contributed by atoms with Crippen LogP contribution in [0.3, 0.4) is 0 Å². The molecule has 1 fully saturated rings. The van der Waals surface area contributed by atoms with E-state index in [2.05, 4.69) is 15.2 Å². The molecule has 2 heterocycles. The van der Waals surface area contributed by atoms with E-state index in [0.717, 1.165) is 37.1 Å². The Morgan fingerprint density at radius 1 is 1.20 bits per heavy atom. The predicted molar refractivity (Wildman–Crippen MR) is 96.6 cm³/mol. The molecule has 1 amide bonds. The minimum Gasteiger partial charge on any atom is -0.388 e. The molecule has 3 rings (SSSR count). The molecule has 1 aromatic heterocycles. The molecule has 132 valence electrons. The zero-order valence-corrected chi connectivity index (χ0v) is 14.3. The van der Waals surface area contributed by atoms with Crippen LogP contribution in [0.25, 0.3) is 0 Å². The summed E-state index contributed by atoms with van der Waals surface area (Å²) in [4.78, 5) is 18.3. The Morgan fingerprint density at radius 2 is 1.96 bits per heavy atom. The molecule has 25 heavy (non-hydrogen) atoms. The molecule has 5 heteroatoms. The Hall–Kier alpha value is -2.24. The number of hydrogen-bond acceptors (Lipinski definition) is 4. The summed E-state index contributed by atoms with van der Waals surface area (Å²) in [6.45, 7) is 2.61. The Bertz CT molecular complexity index is 655. The predicted octanol–water partition coefficient (Wildman–Crippen LogP) is 2.14. The topological polar surface area (TPSA) is 65.5 Å². The zero-order chi connectivity index (χ0) is 17.5. The van der Waals surface area contributed by atoms with Gasteiger partial charge in [-0.25, -0.2) is 0 Å². The van der Waals surface area contributed by atoms with E-state index >= 15 is 0 Å². The second-order valence-corrected chi connectivity index (χ2v) is 6.61. The van der Waals surface area contributed by atoms with E-state index in [1.54, 1.807) is 12.4 Å². The van der Waals surface area contributed by atoms with E-state index in [0.29, 0.717) is 13.1 Å². The molecule has 0 spiro atoms. The third kappa shape index (κ3) is 5.11. The summed E-state index contributed by atoms with van der Waals surface area (Å²) in [5.74, 6) is 0.294. The van der Waals surface area contributed by atoms with E-state index in [1.807, 2.05) is 42.5 Å². The maximum atomic E-state index is 12.1. The summed E-state index contributed by atoms with van der Waals surface area (Å²) in [7, 11) is 0. The van der Waals surface area contributed by atoms with Gasteiger partial charge in [-0.05, 0) is 49.0 Å². The first-order chi connectivity index (χ1) is 12.2. The number of carbonyl (C=O) groups excluding carboxylic acids is 1. The maximum Gasteiger partial charge on any atom is 0.234 e. The SMILES string of the molecule is O=C(CN1CCC(C(O)c2ccccc2)CC1)NCc1cccnc1. The number of nitrogens with zero attached hydrogens (tertiary/aromatic N) is 2. The van der Waals surface area contributed by atoms with Gasteiger partial charge in [-0.2, -0.15) is 0 Å². The third-order valence-electron chi connectivity index (χ3n) is 4.80. The van der Waals surface area contributed by atoms with Gasteiger partial charge < -0.3 is 10.4 Å². The van der Waals surface area contributed by atoms with Crippen molar-refractivity contribution in [3.8, 4) is 0 Å². The molecule has 1 aliphatic rings. The number of hydrogen-bond donors (Lipinski definition) is 2. The van der Waals surface area contributed by atoms with Crippen LogP contribution >= 0.6 is 0 Å². The fourth-order valence-electron chi connectivity index (χ4n) is 3.31. The summed E-state index contributed by atoms with van der Waals surface area (Å²) >= 11 is 0. The fraction of sp³-hybridized carbons (Fsp3) is 0.400. The largest absolute Gasteiger partial charge is 0.388 e. The van der Waals surface area contributed by atoms with Gasteiger partial charge in [0.15, 0.2) is 0 Å². The van der Waals surface area contributed by atoms with Gasteiger partial charge in [-0.3, -0.25) is 14.7 Å². The van der Waals surface area contributed by atoms with E-state index in [-0.39, 0.29) is 11.8 Å². The summed E-state index contributed by atoms with van der Waals surface area (Å²) in [6, 6.07) is 13.6. The van der Waals surface area contributed by atoms with Crippen molar-refractivity contribution in [2.45, 2.75) is 25.5 Å². The van der Waals surface area contributed by atoms with E-state index in [4.69, 9.17) is 0 Å². The average molecular weight is 339 g/mol. The molecular weight excluding hydrogens is 314 g/mol. The second-order valence-electron chi connectivity index (χ2n) is 6.61. The molecular formula is C20H25N3O2. The van der Waals surface area contributed by atoms with Gasteiger partial charge in [0, 0.05) is 18.9 Å². The highest BCUT2D eigenvalue weighted by atomic mass is 16.3. The number of nitrogens with one attached hydrogen (secondary N) is 1. The Balaban J connectivity index is 1.41. The maximum absolute atomic E-state index is 12.1. The molecule has 1 aliphatic heterocycles. The summed E-state index contributed by atoms with van der Waals surface area (Å²) < 4.78 is 0. The van der Waals surface area contributed by atoms with Crippen LogP contribution in [0, 0.1) is 5.92 Å². The third-order valence-corrected chi connectivity index (χ3v) is 4.80. The van der Waals surface area contributed by atoms with E-state index < -0.39 is 6.10 Å². The highest BCUT2D eigenvalue weighted by molar-refractivity contribution is 5.78. The number of amides is 1. The molecule has 0 saturated carbocycles. The second kappa shape index (κ2) is 8.74. The van der Waals surface area contributed by atoms with Crippen LogP contribution in [0.15, 0.2) is 54.9 Å². The minimum absolute atomic E-state index is 0.0333. The Labute approximate surface area is 148 Å². The Morgan fingerprint density at radius 3 is 2.64 bits per heavy atom. The number of aromatic nitrogens is 1. The summed E-state index contributed by atoms with van der Waals surface area (Å²) in [5.41, 5.74) is 1.98. The van der Waals surface area contributed by atoms with Crippen molar-refractivity contribution in [2.24, 2.45) is 5.92 Å². The van der Waals surface area contributed by atoms with Crippen LogP contribution in [-0.4, -0.2) is 40.5 Å². The molecule has 1 unspecified atom stereocenters. The summed E-state index contributed by atoms with van der Waals surface area (Å²) in [5, 5.41) is 13.5. The molecule has 1 atom stereocenters. The first-order valence-corrected chi connectivity index (χ1v) is 8.83. The minimum atomic E-state index is -0.414. The monoisotopic (exact) mass is 339 g/mol. The number of pyridine rings is 1. The normalized spacial score (nSPS) is 17.2. The standard InChI is InChI=1S/C20H25N3O2/c24-19(22-14-16-5-4-10-21-13-16)15-23-11-8-18(9-12-23)20(25)17-6-2-1-3-7-17/h1-7,10,13,18,20,25H,8-9,11-12,14-15H2,(H,22,24). The van der Waals surface area contributed by atoms with Gasteiger partial charge in [-0.15, -0.1) is 0 Å². The van der Waals surface area contributed by atoms with Crippen LogP contribution in [0.4, 0.5) is 0 Å². The smallest absolute Gasteiger partial charge is 0.234 e. The lowest BCUT2D eigenvalue weighted by Crippen LogP contribution is -2.42. The first kappa shape index (κ1) is 17.6. The van der Waals surface area contributed by atoms with E-state index in [9.17, 15) is 9.90 Å². The number of aliphatic hydroxyl groups is 1. The van der Waals surface area contributed by atoms with Crippen molar-refractivity contribution in [3.63, 3.8) is 0 Å². The zero-order valence-electron chi connectivity index (χ0n) is 14.3. The molecule has 5 nitrogen and oxygen atoms in total. The van der Waals surface area contributed by atoms with Crippen molar-refractivity contribution in [2.75, 3.05) is 19.6 Å². The highest BCUT2D eigenvalue weighted by Gasteiger charge is 2.26. The van der Waals surface area contributed by atoms with Crippen molar-refractivity contribution in [3.05, 3.63) is 66.0 Å². The molecule has 0 aliphatic carbocycles. The molecule has 2 aromatic rings. The average Bonchev–Trinajstić information content (AvgIpc) is 2.68. The quantitative estimate of drug-likeness (QED) is 0.846. The van der Waals surface area contributed by atoms with Crippen molar-refractivity contribution < 1.29 is 9.90 Å². The van der Waals surface area contributed by atoms with Crippen LogP contribution in [-0.2, 0) is 11.3 Å². The van der Waals surface area contributed by atoms with Gasteiger partial charge in [0.2, 0.25) is 5.91 Å². The summed E-state index contributed by atoms with van der Waals surface area (Å²) in [6.07, 6.45) is 4.89. The van der Waals surface area contributed by atoms with Crippen LogP contribution in [0.1, 0.15) is 30.1 Å². The van der Waals surface area contributed by atoms with Crippen LogP contribution < -0.4 is 5.32 Å². The van der Waals surface area contributed by atoms with Gasteiger partial charge in [-0.1, -0.05) is 36.4 Å². The van der Waals surface area contributed by atoms with Crippen molar-refractivity contribution in [1.82, 2.24) is 15.2 Å². The van der Waals surface area contributed by atoms with Gasteiger partial charge in [0.1, 0.15) is 0 Å². The lowest BCUT2D eigenvalue weighted by atomic mass is 9.87. The van der Waals surface area contributed by atoms with Crippen molar-refractivity contribution in [1.29, 1.82) is 0 Å². The molecule has 1 aromatic carbocycles. The Kier molecular flexibility index (Phi) is 6.14. The number of rotatable bonds is 6. The van der Waals surface area contributed by atoms with Crippen LogP contribution in [0.5, 0.6) is 0 Å². The van der Waals surface area contributed by atoms with Crippen LogP contribution in [0.2, 0.25) is 0 Å². The molecule has 1 saturated heterocycles. The number of piperidine rings is 1. The van der Waals surface area contributed by atoms with Gasteiger partial charge in [0.25, 0.3) is 0 Å². The highest BCUT2D eigenvalue weighted by Crippen LogP contribution is 2.30. The van der Waals surface area contributed by atoms with Gasteiger partial charge >= 0.3 is 0 Å². The number of benzene rings is 1. The number of aliphatic hydroxyl groups excluding tert-OH is 1. The first-order valence-electron chi connectivity index (χ1n) is 8.83. The number of likely N-dealkylation sites (tertiary alicyclic amines) is 1.